The van der Waals surface area contributed by atoms with Gasteiger partial charge in [0.15, 0.2) is 0 Å². The molecule has 0 aliphatic rings. The molecule has 0 amide bonds. The first-order valence-corrected chi connectivity index (χ1v) is 5.18. The average Bonchev–Trinajstić information content (AvgIpc) is 2.62. The lowest BCUT2D eigenvalue weighted by Crippen LogP contribution is -2.01. The monoisotopic (exact) mass is 202 g/mol. The molecule has 0 saturated carbocycles. The number of imidazole rings is 1. The van der Waals surface area contributed by atoms with Crippen LogP contribution < -0.4 is 5.69 Å². The summed E-state index contributed by atoms with van der Waals surface area (Å²) in [5.41, 5.74) is 2.84. The molecule has 0 bridgehead atoms. The summed E-state index contributed by atoms with van der Waals surface area (Å²) in [5, 5.41) is 0. The first-order chi connectivity index (χ1) is 7.31. The van der Waals surface area contributed by atoms with Crippen molar-refractivity contribution < 1.29 is 0 Å². The van der Waals surface area contributed by atoms with Gasteiger partial charge in [-0.15, -0.1) is 0 Å². The van der Waals surface area contributed by atoms with Crippen LogP contribution in [0.1, 0.15) is 19.0 Å². The molecule has 0 atom stereocenters. The van der Waals surface area contributed by atoms with Gasteiger partial charge in [-0.3, -0.25) is 0 Å². The number of hydrogen-bond donors (Lipinski definition) is 2. The van der Waals surface area contributed by atoms with Crippen LogP contribution in [0, 0.1) is 0 Å². The van der Waals surface area contributed by atoms with Gasteiger partial charge in [0.1, 0.15) is 0 Å². The third-order valence-corrected chi connectivity index (χ3v) is 2.37. The van der Waals surface area contributed by atoms with Crippen LogP contribution in [0.2, 0.25) is 0 Å². The SMILES string of the molecule is CCCc1[nH]c(=O)[nH]c1-c1ccccc1. The predicted octanol–water partition coefficient (Wildman–Crippen LogP) is 2.32. The molecule has 1 aromatic heterocycles. The molecular formula is C12H14N2O. The van der Waals surface area contributed by atoms with Gasteiger partial charge in [-0.25, -0.2) is 4.79 Å². The second-order valence-electron chi connectivity index (χ2n) is 3.55. The first kappa shape index (κ1) is 9.77. The molecule has 2 aromatic rings. The molecule has 1 heterocycles. The van der Waals surface area contributed by atoms with Gasteiger partial charge in [-0.2, -0.15) is 0 Å². The summed E-state index contributed by atoms with van der Waals surface area (Å²) < 4.78 is 0. The van der Waals surface area contributed by atoms with E-state index in [9.17, 15) is 4.79 Å². The molecule has 2 N–H and O–H groups in total. The lowest BCUT2D eigenvalue weighted by molar-refractivity contribution is 0.890. The molecule has 0 aliphatic carbocycles. The lowest BCUT2D eigenvalue weighted by Gasteiger charge is -2.01. The Labute approximate surface area is 88.2 Å². The number of H-pyrrole nitrogens is 2. The summed E-state index contributed by atoms with van der Waals surface area (Å²) in [4.78, 5) is 16.9. The average molecular weight is 202 g/mol. The highest BCUT2D eigenvalue weighted by atomic mass is 16.1. The van der Waals surface area contributed by atoms with Gasteiger partial charge in [0.25, 0.3) is 0 Å². The fourth-order valence-corrected chi connectivity index (χ4v) is 1.71. The van der Waals surface area contributed by atoms with Crippen molar-refractivity contribution in [2.45, 2.75) is 19.8 Å². The largest absolute Gasteiger partial charge is 0.323 e. The normalized spacial score (nSPS) is 10.5. The molecule has 0 fully saturated rings. The molecule has 3 heteroatoms. The Morgan fingerprint density at radius 3 is 2.53 bits per heavy atom. The van der Waals surface area contributed by atoms with E-state index in [1.165, 1.54) is 0 Å². The number of rotatable bonds is 3. The van der Waals surface area contributed by atoms with Crippen molar-refractivity contribution in [3.63, 3.8) is 0 Å². The minimum Gasteiger partial charge on any atom is -0.309 e. The highest BCUT2D eigenvalue weighted by Gasteiger charge is 2.07. The Kier molecular flexibility index (Phi) is 2.72. The van der Waals surface area contributed by atoms with E-state index in [-0.39, 0.29) is 5.69 Å². The van der Waals surface area contributed by atoms with E-state index in [1.54, 1.807) is 0 Å². The Bertz CT molecular complexity index is 482. The summed E-state index contributed by atoms with van der Waals surface area (Å²) in [6.45, 7) is 2.10. The van der Waals surface area contributed by atoms with E-state index in [0.29, 0.717) is 0 Å². The van der Waals surface area contributed by atoms with Gasteiger partial charge in [0, 0.05) is 5.69 Å². The summed E-state index contributed by atoms with van der Waals surface area (Å²) in [7, 11) is 0. The van der Waals surface area contributed by atoms with Crippen LogP contribution in [0.3, 0.4) is 0 Å². The summed E-state index contributed by atoms with van der Waals surface area (Å²) in [5.74, 6) is 0. The highest BCUT2D eigenvalue weighted by Crippen LogP contribution is 2.19. The third-order valence-electron chi connectivity index (χ3n) is 2.37. The third kappa shape index (κ3) is 2.01. The van der Waals surface area contributed by atoms with Gasteiger partial charge in [-0.05, 0) is 12.0 Å². The maximum atomic E-state index is 11.2. The fraction of sp³-hybridized carbons (Fsp3) is 0.250. The second kappa shape index (κ2) is 4.17. The van der Waals surface area contributed by atoms with E-state index in [1.807, 2.05) is 30.3 Å². The number of nitrogens with one attached hydrogen (secondary N) is 2. The number of benzene rings is 1. The van der Waals surface area contributed by atoms with Gasteiger partial charge in [0.2, 0.25) is 0 Å². The fourth-order valence-electron chi connectivity index (χ4n) is 1.71. The van der Waals surface area contributed by atoms with Crippen LogP contribution in [-0.2, 0) is 6.42 Å². The van der Waals surface area contributed by atoms with Crippen molar-refractivity contribution in [1.82, 2.24) is 9.97 Å². The van der Waals surface area contributed by atoms with Crippen LogP contribution in [0.25, 0.3) is 11.3 Å². The first-order valence-electron chi connectivity index (χ1n) is 5.18. The second-order valence-corrected chi connectivity index (χ2v) is 3.55. The van der Waals surface area contributed by atoms with Crippen LogP contribution in [-0.4, -0.2) is 9.97 Å². The Morgan fingerprint density at radius 1 is 1.13 bits per heavy atom. The molecule has 0 aliphatic heterocycles. The molecular weight excluding hydrogens is 188 g/mol. The van der Waals surface area contributed by atoms with Gasteiger partial charge >= 0.3 is 5.69 Å². The predicted molar refractivity (Wildman–Crippen MR) is 60.8 cm³/mol. The smallest absolute Gasteiger partial charge is 0.309 e. The quantitative estimate of drug-likeness (QED) is 0.788. The Balaban J connectivity index is 2.48. The van der Waals surface area contributed by atoms with E-state index < -0.39 is 0 Å². The standard InChI is InChI=1S/C12H14N2O/c1-2-6-10-11(14-12(15)13-10)9-7-4-3-5-8-9/h3-5,7-8H,2,6H2,1H3,(H2,13,14,15). The maximum Gasteiger partial charge on any atom is 0.323 e. The summed E-state index contributed by atoms with van der Waals surface area (Å²) in [6.07, 6.45) is 1.91. The zero-order valence-electron chi connectivity index (χ0n) is 8.71. The van der Waals surface area contributed by atoms with Crippen molar-refractivity contribution >= 4 is 0 Å². The van der Waals surface area contributed by atoms with E-state index in [2.05, 4.69) is 16.9 Å². The molecule has 3 nitrogen and oxygen atoms in total. The summed E-state index contributed by atoms with van der Waals surface area (Å²) >= 11 is 0. The molecule has 0 unspecified atom stereocenters. The van der Waals surface area contributed by atoms with Crippen LogP contribution in [0.4, 0.5) is 0 Å². The lowest BCUT2D eigenvalue weighted by atomic mass is 10.1. The van der Waals surface area contributed by atoms with Crippen LogP contribution in [0.5, 0.6) is 0 Å². The van der Waals surface area contributed by atoms with E-state index >= 15 is 0 Å². The van der Waals surface area contributed by atoms with Crippen LogP contribution in [0.15, 0.2) is 35.1 Å². The number of aromatic nitrogens is 2. The van der Waals surface area contributed by atoms with Crippen molar-refractivity contribution in [3.8, 4) is 11.3 Å². The topological polar surface area (TPSA) is 48.6 Å². The highest BCUT2D eigenvalue weighted by molar-refractivity contribution is 5.61. The van der Waals surface area contributed by atoms with E-state index in [4.69, 9.17) is 0 Å². The molecule has 0 saturated heterocycles. The molecule has 0 spiro atoms. The zero-order valence-corrected chi connectivity index (χ0v) is 8.71. The number of aromatic amines is 2. The van der Waals surface area contributed by atoms with Crippen molar-refractivity contribution in [2.24, 2.45) is 0 Å². The summed E-state index contributed by atoms with van der Waals surface area (Å²) in [6, 6.07) is 9.90. The van der Waals surface area contributed by atoms with Gasteiger partial charge in [-0.1, -0.05) is 43.7 Å². The van der Waals surface area contributed by atoms with Crippen molar-refractivity contribution in [3.05, 3.63) is 46.5 Å². The molecule has 0 radical (unpaired) electrons. The van der Waals surface area contributed by atoms with Crippen molar-refractivity contribution in [2.75, 3.05) is 0 Å². The molecule has 1 aromatic carbocycles. The Morgan fingerprint density at radius 2 is 1.87 bits per heavy atom. The van der Waals surface area contributed by atoms with Crippen LogP contribution >= 0.6 is 0 Å². The number of aryl methyl sites for hydroxylation is 1. The van der Waals surface area contributed by atoms with Crippen molar-refractivity contribution in [1.29, 1.82) is 0 Å². The van der Waals surface area contributed by atoms with Gasteiger partial charge < -0.3 is 9.97 Å². The maximum absolute atomic E-state index is 11.2. The zero-order chi connectivity index (χ0) is 10.7. The number of hydrogen-bond acceptors (Lipinski definition) is 1. The molecule has 2 rings (SSSR count). The Hall–Kier alpha value is -1.77. The molecule has 15 heavy (non-hydrogen) atoms. The minimum absolute atomic E-state index is 0.127. The van der Waals surface area contributed by atoms with E-state index in [0.717, 1.165) is 29.8 Å². The minimum atomic E-state index is -0.127. The molecule has 78 valence electrons. The van der Waals surface area contributed by atoms with Gasteiger partial charge in [0.05, 0.1) is 5.69 Å².